The highest BCUT2D eigenvalue weighted by Crippen LogP contribution is 2.33. The molecule has 0 radical (unpaired) electrons. The number of nitrogens with one attached hydrogen (secondary N) is 2. The Kier molecular flexibility index (Phi) is 5.95. The monoisotopic (exact) mass is 380 g/mol. The number of hydrogen-bond acceptors (Lipinski definition) is 4. The van der Waals surface area contributed by atoms with Gasteiger partial charge in [0, 0.05) is 30.1 Å². The fourth-order valence-electron chi connectivity index (χ4n) is 4.44. The summed E-state index contributed by atoms with van der Waals surface area (Å²) in [5, 5.41) is 14.6. The highest BCUT2D eigenvalue weighted by atomic mass is 16.2. The molecule has 1 aromatic carbocycles. The van der Waals surface area contributed by atoms with Gasteiger partial charge in [0.1, 0.15) is 0 Å². The van der Waals surface area contributed by atoms with Crippen molar-refractivity contribution in [2.24, 2.45) is 10.2 Å². The summed E-state index contributed by atoms with van der Waals surface area (Å²) in [5.74, 6) is -0.192. The fourth-order valence-corrected chi connectivity index (χ4v) is 4.44. The Bertz CT molecular complexity index is 809. The van der Waals surface area contributed by atoms with Crippen molar-refractivity contribution in [2.45, 2.75) is 63.5 Å². The summed E-state index contributed by atoms with van der Waals surface area (Å²) in [6.07, 6.45) is 8.15. The van der Waals surface area contributed by atoms with E-state index in [0.717, 1.165) is 55.4 Å². The lowest BCUT2D eigenvalue weighted by Crippen LogP contribution is -2.43. The predicted octanol–water partition coefficient (Wildman–Crippen LogP) is 3.33. The number of azo groups is 1. The number of rotatable bonds is 5. The van der Waals surface area contributed by atoms with Crippen molar-refractivity contribution < 1.29 is 9.59 Å². The maximum Gasteiger partial charge on any atom is 0.291 e. The molecule has 6 nitrogen and oxygen atoms in total. The van der Waals surface area contributed by atoms with Gasteiger partial charge in [-0.3, -0.25) is 9.59 Å². The van der Waals surface area contributed by atoms with Crippen LogP contribution in [0.25, 0.3) is 0 Å². The summed E-state index contributed by atoms with van der Waals surface area (Å²) >= 11 is 0. The molecule has 0 saturated carbocycles. The molecule has 1 aromatic rings. The van der Waals surface area contributed by atoms with Crippen molar-refractivity contribution in [2.75, 3.05) is 13.1 Å². The minimum Gasteiger partial charge on any atom is -0.350 e. The predicted molar refractivity (Wildman–Crippen MR) is 107 cm³/mol. The van der Waals surface area contributed by atoms with Crippen molar-refractivity contribution in [3.05, 3.63) is 46.5 Å². The Morgan fingerprint density at radius 3 is 2.93 bits per heavy atom. The van der Waals surface area contributed by atoms with Crippen molar-refractivity contribution in [1.29, 1.82) is 0 Å². The van der Waals surface area contributed by atoms with E-state index in [1.165, 1.54) is 12.8 Å². The number of hydrogen-bond donors (Lipinski definition) is 2. The van der Waals surface area contributed by atoms with Crippen LogP contribution >= 0.6 is 0 Å². The summed E-state index contributed by atoms with van der Waals surface area (Å²) < 4.78 is 0. The zero-order valence-corrected chi connectivity index (χ0v) is 16.2. The molecule has 4 rings (SSSR count). The van der Waals surface area contributed by atoms with Crippen molar-refractivity contribution >= 4 is 11.8 Å². The molecule has 2 aliphatic heterocycles. The SMILES string of the molecule is O=C1N=NC(Cc2cccc(C(=O)NCC3CCCCN3)c2)C2=C1CCCC2. The van der Waals surface area contributed by atoms with E-state index in [4.69, 9.17) is 0 Å². The quantitative estimate of drug-likeness (QED) is 0.822. The largest absolute Gasteiger partial charge is 0.350 e. The van der Waals surface area contributed by atoms with Gasteiger partial charge >= 0.3 is 0 Å². The van der Waals surface area contributed by atoms with Gasteiger partial charge in [-0.05, 0) is 68.3 Å². The maximum atomic E-state index is 12.6. The van der Waals surface area contributed by atoms with Gasteiger partial charge in [-0.25, -0.2) is 0 Å². The number of carbonyl (C=O) groups is 2. The third kappa shape index (κ3) is 4.38. The Labute approximate surface area is 165 Å². The number of nitrogens with zero attached hydrogens (tertiary/aromatic N) is 2. The Morgan fingerprint density at radius 2 is 2.07 bits per heavy atom. The molecule has 1 fully saturated rings. The second kappa shape index (κ2) is 8.78. The number of benzene rings is 1. The molecular weight excluding hydrogens is 352 g/mol. The summed E-state index contributed by atoms with van der Waals surface area (Å²) in [6.45, 7) is 1.70. The fraction of sp³-hybridized carbons (Fsp3) is 0.545. The molecule has 2 N–H and O–H groups in total. The second-order valence-electron chi connectivity index (χ2n) is 8.01. The summed E-state index contributed by atoms with van der Waals surface area (Å²) in [5.41, 5.74) is 3.76. The lowest BCUT2D eigenvalue weighted by Gasteiger charge is -2.26. The van der Waals surface area contributed by atoms with Crippen LogP contribution in [-0.4, -0.2) is 37.0 Å². The van der Waals surface area contributed by atoms with Crippen LogP contribution in [0.1, 0.15) is 60.9 Å². The zero-order chi connectivity index (χ0) is 19.3. The van der Waals surface area contributed by atoms with Crippen LogP contribution < -0.4 is 10.6 Å². The molecule has 0 spiro atoms. The molecule has 2 heterocycles. The minimum atomic E-state index is -0.157. The minimum absolute atomic E-state index is 0.0350. The summed E-state index contributed by atoms with van der Waals surface area (Å²) in [4.78, 5) is 24.6. The molecule has 0 aromatic heterocycles. The molecule has 6 heteroatoms. The highest BCUT2D eigenvalue weighted by molar-refractivity contribution is 5.96. The van der Waals surface area contributed by atoms with Crippen LogP contribution in [-0.2, 0) is 11.2 Å². The molecular formula is C22H28N4O2. The van der Waals surface area contributed by atoms with Gasteiger partial charge < -0.3 is 10.6 Å². The van der Waals surface area contributed by atoms with E-state index in [9.17, 15) is 9.59 Å². The van der Waals surface area contributed by atoms with Crippen LogP contribution in [0.4, 0.5) is 0 Å². The molecule has 28 heavy (non-hydrogen) atoms. The zero-order valence-electron chi connectivity index (χ0n) is 16.2. The molecule has 1 aliphatic carbocycles. The average molecular weight is 380 g/mol. The molecule has 3 aliphatic rings. The lowest BCUT2D eigenvalue weighted by molar-refractivity contribution is -0.115. The van der Waals surface area contributed by atoms with E-state index in [-0.39, 0.29) is 17.9 Å². The molecule has 2 atom stereocenters. The van der Waals surface area contributed by atoms with Gasteiger partial charge in [-0.15, -0.1) is 5.11 Å². The summed E-state index contributed by atoms with van der Waals surface area (Å²) in [7, 11) is 0. The third-order valence-corrected chi connectivity index (χ3v) is 6.00. The molecule has 148 valence electrons. The van der Waals surface area contributed by atoms with Crippen LogP contribution in [0.2, 0.25) is 0 Å². The maximum absolute atomic E-state index is 12.6. The third-order valence-electron chi connectivity index (χ3n) is 6.00. The first kappa shape index (κ1) is 19.0. The van der Waals surface area contributed by atoms with Crippen molar-refractivity contribution in [1.82, 2.24) is 10.6 Å². The molecule has 0 bridgehead atoms. The van der Waals surface area contributed by atoms with Gasteiger partial charge in [0.15, 0.2) is 0 Å². The van der Waals surface area contributed by atoms with E-state index in [2.05, 4.69) is 20.9 Å². The van der Waals surface area contributed by atoms with Gasteiger partial charge in [-0.2, -0.15) is 5.11 Å². The first-order valence-corrected chi connectivity index (χ1v) is 10.5. The van der Waals surface area contributed by atoms with Crippen LogP contribution in [0, 0.1) is 0 Å². The van der Waals surface area contributed by atoms with E-state index < -0.39 is 0 Å². The highest BCUT2D eigenvalue weighted by Gasteiger charge is 2.29. The molecule has 1 saturated heterocycles. The van der Waals surface area contributed by atoms with Crippen LogP contribution in [0.5, 0.6) is 0 Å². The first-order valence-electron chi connectivity index (χ1n) is 10.5. The molecule has 2 amide bonds. The van der Waals surface area contributed by atoms with Gasteiger partial charge in [0.05, 0.1) is 6.04 Å². The van der Waals surface area contributed by atoms with E-state index in [0.29, 0.717) is 24.6 Å². The first-order chi connectivity index (χ1) is 13.7. The Hall–Kier alpha value is -2.34. The van der Waals surface area contributed by atoms with Gasteiger partial charge in [0.25, 0.3) is 11.8 Å². The topological polar surface area (TPSA) is 82.9 Å². The van der Waals surface area contributed by atoms with E-state index in [1.54, 1.807) is 0 Å². The molecule has 2 unspecified atom stereocenters. The smallest absolute Gasteiger partial charge is 0.291 e. The van der Waals surface area contributed by atoms with Gasteiger partial charge in [-0.1, -0.05) is 18.6 Å². The average Bonchev–Trinajstić information content (AvgIpc) is 2.75. The van der Waals surface area contributed by atoms with Crippen LogP contribution in [0.3, 0.4) is 0 Å². The Morgan fingerprint density at radius 1 is 1.18 bits per heavy atom. The van der Waals surface area contributed by atoms with E-state index in [1.807, 2.05) is 24.3 Å². The lowest BCUT2D eigenvalue weighted by atomic mass is 9.84. The Balaban J connectivity index is 1.41. The van der Waals surface area contributed by atoms with Crippen molar-refractivity contribution in [3.8, 4) is 0 Å². The van der Waals surface area contributed by atoms with Crippen LogP contribution in [0.15, 0.2) is 45.6 Å². The number of piperidine rings is 1. The normalized spacial score (nSPS) is 24.8. The van der Waals surface area contributed by atoms with Gasteiger partial charge in [0.2, 0.25) is 0 Å². The number of carbonyl (C=O) groups excluding carboxylic acids is 2. The summed E-state index contributed by atoms with van der Waals surface area (Å²) in [6, 6.07) is 8.04. The van der Waals surface area contributed by atoms with E-state index >= 15 is 0 Å². The standard InChI is InChI=1S/C22H28N4O2/c27-21(24-14-17-8-3-4-11-23-17)16-7-5-6-15(12-16)13-20-18-9-1-2-10-19(18)22(28)26-25-20/h5-7,12,17,20,23H,1-4,8-11,13-14H2,(H,24,27). The number of amides is 2. The second-order valence-corrected chi connectivity index (χ2v) is 8.01. The van der Waals surface area contributed by atoms with Crippen molar-refractivity contribution in [3.63, 3.8) is 0 Å².